The maximum atomic E-state index is 12.3. The summed E-state index contributed by atoms with van der Waals surface area (Å²) < 4.78 is 6.69. The van der Waals surface area contributed by atoms with Crippen LogP contribution in [0.2, 0.25) is 0 Å². The molecule has 4 rings (SSSR count). The minimum atomic E-state index is -0.108. The molecule has 126 valence electrons. The van der Waals surface area contributed by atoms with Gasteiger partial charge >= 0.3 is 0 Å². The lowest BCUT2D eigenvalue weighted by Gasteiger charge is -2.13. The van der Waals surface area contributed by atoms with Gasteiger partial charge in [0, 0.05) is 18.8 Å². The zero-order valence-electron chi connectivity index (χ0n) is 13.8. The van der Waals surface area contributed by atoms with E-state index in [0.29, 0.717) is 17.3 Å². The number of benzene rings is 1. The number of amides is 1. The number of aromatic nitrogens is 4. The molecule has 1 N–H and O–H groups in total. The maximum absolute atomic E-state index is 12.3. The summed E-state index contributed by atoms with van der Waals surface area (Å²) in [5.41, 5.74) is 3.79. The monoisotopic (exact) mass is 335 g/mol. The standard InChI is InChI=1S/C18H17N5O2/c1-3-16-21-17(22-25-16)12-4-6-14-11(8-12)5-7-15(14)20-18(24)13-9-19-23(2)10-13/h3-4,6,8-10,15H,1,5,7H2,2H3,(H,20,24)/t15-/m1/s1. The first-order valence-electron chi connectivity index (χ1n) is 8.03. The van der Waals surface area contributed by atoms with Crippen LogP contribution >= 0.6 is 0 Å². The van der Waals surface area contributed by atoms with Crippen molar-refractivity contribution in [3.63, 3.8) is 0 Å². The molecule has 7 heteroatoms. The van der Waals surface area contributed by atoms with Crippen LogP contribution in [-0.2, 0) is 13.5 Å². The first-order chi connectivity index (χ1) is 12.1. The highest BCUT2D eigenvalue weighted by molar-refractivity contribution is 5.94. The van der Waals surface area contributed by atoms with Crippen LogP contribution in [0, 0.1) is 0 Å². The molecule has 25 heavy (non-hydrogen) atoms. The van der Waals surface area contributed by atoms with E-state index in [1.807, 2.05) is 12.1 Å². The van der Waals surface area contributed by atoms with Gasteiger partial charge < -0.3 is 9.84 Å². The van der Waals surface area contributed by atoms with Crippen LogP contribution in [0.3, 0.4) is 0 Å². The minimum Gasteiger partial charge on any atom is -0.345 e. The molecular formula is C18H17N5O2. The Bertz CT molecular complexity index is 956. The number of nitrogens with one attached hydrogen (secondary N) is 1. The van der Waals surface area contributed by atoms with Gasteiger partial charge in [0.2, 0.25) is 11.7 Å². The predicted octanol–water partition coefficient (Wildman–Crippen LogP) is 2.53. The number of carbonyl (C=O) groups excluding carboxylic acids is 1. The number of nitrogens with zero attached hydrogens (tertiary/aromatic N) is 4. The van der Waals surface area contributed by atoms with E-state index in [4.69, 9.17) is 4.52 Å². The first kappa shape index (κ1) is 15.3. The second-order valence-electron chi connectivity index (χ2n) is 6.04. The van der Waals surface area contributed by atoms with Gasteiger partial charge in [-0.15, -0.1) is 0 Å². The van der Waals surface area contributed by atoms with E-state index in [-0.39, 0.29) is 11.9 Å². The topological polar surface area (TPSA) is 85.8 Å². The Labute approximate surface area is 144 Å². The first-order valence-corrected chi connectivity index (χ1v) is 8.03. The van der Waals surface area contributed by atoms with Gasteiger partial charge in [-0.2, -0.15) is 10.1 Å². The van der Waals surface area contributed by atoms with E-state index in [9.17, 15) is 4.79 Å². The molecule has 2 heterocycles. The minimum absolute atomic E-state index is 0.00533. The van der Waals surface area contributed by atoms with Crippen LogP contribution in [0.4, 0.5) is 0 Å². The van der Waals surface area contributed by atoms with Crippen LogP contribution in [0.25, 0.3) is 17.5 Å². The lowest BCUT2D eigenvalue weighted by Crippen LogP contribution is -2.26. The van der Waals surface area contributed by atoms with Crippen molar-refractivity contribution in [2.45, 2.75) is 18.9 Å². The summed E-state index contributed by atoms with van der Waals surface area (Å²) in [5.74, 6) is 0.835. The van der Waals surface area contributed by atoms with Crippen LogP contribution in [0.5, 0.6) is 0 Å². The van der Waals surface area contributed by atoms with Crippen molar-refractivity contribution in [2.24, 2.45) is 7.05 Å². The van der Waals surface area contributed by atoms with E-state index in [2.05, 4.69) is 33.2 Å². The molecule has 1 aliphatic carbocycles. The van der Waals surface area contributed by atoms with E-state index >= 15 is 0 Å². The van der Waals surface area contributed by atoms with E-state index in [1.54, 1.807) is 24.1 Å². The molecule has 0 spiro atoms. The number of rotatable bonds is 4. The lowest BCUT2D eigenvalue weighted by molar-refractivity contribution is 0.0936. The van der Waals surface area contributed by atoms with Gasteiger partial charge in [0.25, 0.3) is 5.91 Å². The molecule has 1 aliphatic rings. The lowest BCUT2D eigenvalue weighted by atomic mass is 10.0. The highest BCUT2D eigenvalue weighted by atomic mass is 16.5. The summed E-state index contributed by atoms with van der Waals surface area (Å²) in [6.45, 7) is 3.62. The van der Waals surface area contributed by atoms with E-state index in [1.165, 1.54) is 11.6 Å². The van der Waals surface area contributed by atoms with Crippen LogP contribution < -0.4 is 5.32 Å². The molecule has 2 aromatic heterocycles. The number of fused-ring (bicyclic) bond motifs is 1. The molecule has 0 bridgehead atoms. The average molecular weight is 335 g/mol. The Kier molecular flexibility index (Phi) is 3.68. The van der Waals surface area contributed by atoms with Gasteiger partial charge in [0.1, 0.15) is 0 Å². The summed E-state index contributed by atoms with van der Waals surface area (Å²) in [4.78, 5) is 16.6. The third-order valence-corrected chi connectivity index (χ3v) is 4.37. The zero-order chi connectivity index (χ0) is 17.4. The molecular weight excluding hydrogens is 318 g/mol. The van der Waals surface area contributed by atoms with Crippen LogP contribution in [0.15, 0.2) is 41.7 Å². The van der Waals surface area contributed by atoms with Crippen molar-refractivity contribution in [3.05, 3.63) is 59.8 Å². The predicted molar refractivity (Wildman–Crippen MR) is 91.6 cm³/mol. The third kappa shape index (κ3) is 2.84. The molecule has 1 aromatic carbocycles. The molecule has 0 saturated heterocycles. The number of hydrogen-bond acceptors (Lipinski definition) is 5. The zero-order valence-corrected chi connectivity index (χ0v) is 13.8. The van der Waals surface area contributed by atoms with Crippen LogP contribution in [-0.4, -0.2) is 25.8 Å². The second-order valence-corrected chi connectivity index (χ2v) is 6.04. The van der Waals surface area contributed by atoms with Gasteiger partial charge in [-0.25, -0.2) is 0 Å². The molecule has 0 radical (unpaired) electrons. The Morgan fingerprint density at radius 1 is 1.48 bits per heavy atom. The molecule has 1 amide bonds. The van der Waals surface area contributed by atoms with Gasteiger partial charge in [0.15, 0.2) is 0 Å². The summed E-state index contributed by atoms with van der Waals surface area (Å²) >= 11 is 0. The normalized spacial score (nSPS) is 15.8. The molecule has 0 aliphatic heterocycles. The van der Waals surface area contributed by atoms with Crippen molar-refractivity contribution in [1.82, 2.24) is 25.2 Å². The van der Waals surface area contributed by atoms with Gasteiger partial charge in [-0.05, 0) is 36.1 Å². The van der Waals surface area contributed by atoms with Gasteiger partial charge in [-0.3, -0.25) is 9.48 Å². The largest absolute Gasteiger partial charge is 0.345 e. The number of hydrogen-bond donors (Lipinski definition) is 1. The quantitative estimate of drug-likeness (QED) is 0.792. The molecule has 0 unspecified atom stereocenters. The highest BCUT2D eigenvalue weighted by Crippen LogP contribution is 2.33. The Morgan fingerprint density at radius 2 is 2.36 bits per heavy atom. The Balaban J connectivity index is 1.54. The van der Waals surface area contributed by atoms with E-state index in [0.717, 1.165) is 24.0 Å². The second kappa shape index (κ2) is 6.01. The fourth-order valence-electron chi connectivity index (χ4n) is 3.12. The molecule has 7 nitrogen and oxygen atoms in total. The maximum Gasteiger partial charge on any atom is 0.254 e. The number of carbonyl (C=O) groups is 1. The summed E-state index contributed by atoms with van der Waals surface area (Å²) in [7, 11) is 1.79. The summed E-state index contributed by atoms with van der Waals surface area (Å²) in [5, 5.41) is 11.1. The smallest absolute Gasteiger partial charge is 0.254 e. The van der Waals surface area contributed by atoms with Crippen molar-refractivity contribution in [3.8, 4) is 11.4 Å². The van der Waals surface area contributed by atoms with Crippen molar-refractivity contribution in [2.75, 3.05) is 0 Å². The molecule has 0 fully saturated rings. The van der Waals surface area contributed by atoms with E-state index < -0.39 is 0 Å². The Morgan fingerprint density at radius 3 is 3.08 bits per heavy atom. The third-order valence-electron chi connectivity index (χ3n) is 4.37. The van der Waals surface area contributed by atoms with Crippen molar-refractivity contribution in [1.29, 1.82) is 0 Å². The van der Waals surface area contributed by atoms with Crippen LogP contribution in [0.1, 0.15) is 39.8 Å². The SMILES string of the molecule is C=Cc1nc(-c2ccc3c(c2)CC[C@H]3NC(=O)c2cnn(C)c2)no1. The fourth-order valence-corrected chi connectivity index (χ4v) is 3.12. The average Bonchev–Trinajstić information content (AvgIpc) is 3.34. The van der Waals surface area contributed by atoms with Gasteiger partial charge in [0.05, 0.1) is 17.8 Å². The van der Waals surface area contributed by atoms with Crippen molar-refractivity contribution < 1.29 is 9.32 Å². The van der Waals surface area contributed by atoms with Crippen molar-refractivity contribution >= 4 is 12.0 Å². The Hall–Kier alpha value is -3.22. The fraction of sp³-hybridized carbons (Fsp3) is 0.222. The number of aryl methyl sites for hydroxylation is 2. The summed E-state index contributed by atoms with van der Waals surface area (Å²) in [6, 6.07) is 6.04. The molecule has 1 atom stereocenters. The molecule has 0 saturated carbocycles. The van der Waals surface area contributed by atoms with Gasteiger partial charge in [-0.1, -0.05) is 23.9 Å². The molecule has 3 aromatic rings. The summed E-state index contributed by atoms with van der Waals surface area (Å²) in [6.07, 6.45) is 6.57. The highest BCUT2D eigenvalue weighted by Gasteiger charge is 2.25.